The smallest absolute Gasteiger partial charge is 0.433 e. The van der Waals surface area contributed by atoms with Crippen molar-refractivity contribution in [2.24, 2.45) is 7.05 Å². The predicted molar refractivity (Wildman–Crippen MR) is 69.2 cm³/mol. The van der Waals surface area contributed by atoms with Crippen LogP contribution in [0.25, 0.3) is 0 Å². The highest BCUT2D eigenvalue weighted by Crippen LogP contribution is 2.29. The Balaban J connectivity index is 2.16. The first-order chi connectivity index (χ1) is 9.81. The van der Waals surface area contributed by atoms with Gasteiger partial charge < -0.3 is 10.1 Å². The summed E-state index contributed by atoms with van der Waals surface area (Å²) in [4.78, 5) is 11.9. The van der Waals surface area contributed by atoms with Gasteiger partial charge in [-0.15, -0.1) is 0 Å². The fourth-order valence-electron chi connectivity index (χ4n) is 1.71. The Morgan fingerprint density at radius 1 is 1.29 bits per heavy atom. The lowest BCUT2D eigenvalue weighted by molar-refractivity contribution is -0.143. The zero-order chi connectivity index (χ0) is 15.6. The van der Waals surface area contributed by atoms with Crippen LogP contribution in [0, 0.1) is 0 Å². The molecule has 112 valence electrons. The van der Waals surface area contributed by atoms with E-state index < -0.39 is 17.8 Å². The van der Waals surface area contributed by atoms with Gasteiger partial charge in [-0.2, -0.15) is 18.3 Å². The molecule has 2 rings (SSSR count). The van der Waals surface area contributed by atoms with Crippen LogP contribution in [0.3, 0.4) is 0 Å². The average Bonchev–Trinajstić information content (AvgIpc) is 2.82. The molecule has 0 atom stereocenters. The largest absolute Gasteiger partial charge is 0.497 e. The number of aromatic nitrogens is 2. The maximum absolute atomic E-state index is 12.6. The van der Waals surface area contributed by atoms with Gasteiger partial charge in [0.05, 0.1) is 7.11 Å². The molecule has 0 radical (unpaired) electrons. The van der Waals surface area contributed by atoms with Gasteiger partial charge in [-0.05, 0) is 24.3 Å². The van der Waals surface area contributed by atoms with Crippen molar-refractivity contribution in [3.05, 3.63) is 41.7 Å². The summed E-state index contributed by atoms with van der Waals surface area (Å²) in [6.07, 6.45) is -4.56. The second kappa shape index (κ2) is 5.47. The zero-order valence-electron chi connectivity index (χ0n) is 11.2. The Kier molecular flexibility index (Phi) is 3.88. The second-order valence-electron chi connectivity index (χ2n) is 4.22. The molecule has 1 heterocycles. The van der Waals surface area contributed by atoms with E-state index in [0.29, 0.717) is 22.2 Å². The van der Waals surface area contributed by atoms with E-state index in [4.69, 9.17) is 4.74 Å². The molecule has 0 aliphatic carbocycles. The summed E-state index contributed by atoms with van der Waals surface area (Å²) in [5.74, 6) is -0.114. The third kappa shape index (κ3) is 3.33. The highest BCUT2D eigenvalue weighted by atomic mass is 19.4. The molecule has 1 amide bonds. The van der Waals surface area contributed by atoms with Crippen LogP contribution in [0.2, 0.25) is 0 Å². The van der Waals surface area contributed by atoms with Gasteiger partial charge in [0.1, 0.15) is 11.4 Å². The van der Waals surface area contributed by atoms with Gasteiger partial charge in [0.2, 0.25) is 0 Å². The highest BCUT2D eigenvalue weighted by molar-refractivity contribution is 6.02. The summed E-state index contributed by atoms with van der Waals surface area (Å²) >= 11 is 0. The number of carbonyl (C=O) groups excluding carboxylic acids is 1. The number of methoxy groups -OCH3 is 1. The van der Waals surface area contributed by atoms with E-state index in [0.717, 1.165) is 7.05 Å². The number of anilines is 1. The van der Waals surface area contributed by atoms with Gasteiger partial charge >= 0.3 is 6.18 Å². The Hall–Kier alpha value is -2.51. The molecule has 8 heteroatoms. The van der Waals surface area contributed by atoms with Crippen molar-refractivity contribution < 1.29 is 22.7 Å². The first kappa shape index (κ1) is 14.9. The minimum absolute atomic E-state index is 0.305. The number of ether oxygens (including phenoxy) is 1. The summed E-state index contributed by atoms with van der Waals surface area (Å²) in [6, 6.07) is 7.10. The SMILES string of the molecule is COc1ccc(NC(=O)c2cc(C(F)(F)F)n(C)n2)cc1. The van der Waals surface area contributed by atoms with Crippen LogP contribution < -0.4 is 10.1 Å². The van der Waals surface area contributed by atoms with Gasteiger partial charge in [0.15, 0.2) is 5.69 Å². The fourth-order valence-corrected chi connectivity index (χ4v) is 1.71. The fraction of sp³-hybridized carbons (Fsp3) is 0.231. The number of nitrogens with one attached hydrogen (secondary N) is 1. The summed E-state index contributed by atoms with van der Waals surface area (Å²) in [6.45, 7) is 0. The third-order valence-electron chi connectivity index (χ3n) is 2.75. The number of aryl methyl sites for hydroxylation is 1. The molecule has 0 fully saturated rings. The first-order valence-electron chi connectivity index (χ1n) is 5.88. The van der Waals surface area contributed by atoms with Crippen LogP contribution in [-0.2, 0) is 13.2 Å². The topological polar surface area (TPSA) is 56.1 Å². The van der Waals surface area contributed by atoms with E-state index >= 15 is 0 Å². The molecule has 0 aliphatic rings. The molecular weight excluding hydrogens is 287 g/mol. The Morgan fingerprint density at radius 2 is 1.90 bits per heavy atom. The van der Waals surface area contributed by atoms with Crippen molar-refractivity contribution in [3.63, 3.8) is 0 Å². The van der Waals surface area contributed by atoms with E-state index in [2.05, 4.69) is 10.4 Å². The van der Waals surface area contributed by atoms with Crippen molar-refractivity contribution in [1.29, 1.82) is 0 Å². The van der Waals surface area contributed by atoms with Crippen molar-refractivity contribution in [2.45, 2.75) is 6.18 Å². The van der Waals surface area contributed by atoms with Crippen LogP contribution in [0.15, 0.2) is 30.3 Å². The van der Waals surface area contributed by atoms with Crippen molar-refractivity contribution in [2.75, 3.05) is 12.4 Å². The zero-order valence-corrected chi connectivity index (χ0v) is 11.2. The van der Waals surface area contributed by atoms with Crippen molar-refractivity contribution in [1.82, 2.24) is 9.78 Å². The maximum atomic E-state index is 12.6. The van der Waals surface area contributed by atoms with Crippen LogP contribution in [0.5, 0.6) is 5.75 Å². The van der Waals surface area contributed by atoms with Gasteiger partial charge in [-0.1, -0.05) is 0 Å². The molecule has 1 aromatic heterocycles. The van der Waals surface area contributed by atoms with E-state index in [1.54, 1.807) is 24.3 Å². The van der Waals surface area contributed by atoms with Crippen LogP contribution >= 0.6 is 0 Å². The number of amides is 1. The third-order valence-corrected chi connectivity index (χ3v) is 2.75. The number of hydrogen-bond acceptors (Lipinski definition) is 3. The Morgan fingerprint density at radius 3 is 2.38 bits per heavy atom. The lowest BCUT2D eigenvalue weighted by atomic mass is 10.3. The van der Waals surface area contributed by atoms with Gasteiger partial charge in [-0.25, -0.2) is 0 Å². The monoisotopic (exact) mass is 299 g/mol. The highest BCUT2D eigenvalue weighted by Gasteiger charge is 2.35. The average molecular weight is 299 g/mol. The summed E-state index contributed by atoms with van der Waals surface area (Å²) < 4.78 is 43.5. The molecule has 0 spiro atoms. The van der Waals surface area contributed by atoms with Crippen molar-refractivity contribution in [3.8, 4) is 5.75 Å². The predicted octanol–water partition coefficient (Wildman–Crippen LogP) is 2.70. The summed E-state index contributed by atoms with van der Waals surface area (Å²) in [7, 11) is 2.63. The molecule has 0 saturated heterocycles. The Labute approximate surface area is 118 Å². The molecule has 21 heavy (non-hydrogen) atoms. The lowest BCUT2D eigenvalue weighted by Gasteiger charge is -2.04. The quantitative estimate of drug-likeness (QED) is 0.948. The van der Waals surface area contributed by atoms with Crippen LogP contribution in [-0.4, -0.2) is 22.8 Å². The molecule has 0 unspecified atom stereocenters. The number of rotatable bonds is 3. The van der Waals surface area contributed by atoms with E-state index in [9.17, 15) is 18.0 Å². The molecule has 5 nitrogen and oxygen atoms in total. The number of benzene rings is 1. The van der Waals surface area contributed by atoms with E-state index in [1.807, 2.05) is 0 Å². The lowest BCUT2D eigenvalue weighted by Crippen LogP contribution is -2.13. The molecular formula is C13H12F3N3O2. The second-order valence-corrected chi connectivity index (χ2v) is 4.22. The van der Waals surface area contributed by atoms with E-state index in [-0.39, 0.29) is 5.69 Å². The first-order valence-corrected chi connectivity index (χ1v) is 5.88. The maximum Gasteiger partial charge on any atom is 0.433 e. The molecule has 0 bridgehead atoms. The number of halogens is 3. The number of alkyl halides is 3. The Bertz CT molecular complexity index is 648. The molecule has 1 aromatic carbocycles. The summed E-state index contributed by atoms with van der Waals surface area (Å²) in [5.41, 5.74) is -0.858. The minimum Gasteiger partial charge on any atom is -0.497 e. The van der Waals surface area contributed by atoms with E-state index in [1.165, 1.54) is 7.11 Å². The van der Waals surface area contributed by atoms with Crippen molar-refractivity contribution >= 4 is 11.6 Å². The van der Waals surface area contributed by atoms with Crippen LogP contribution in [0.4, 0.5) is 18.9 Å². The summed E-state index contributed by atoms with van der Waals surface area (Å²) in [5, 5.41) is 6.03. The molecule has 1 N–H and O–H groups in total. The number of carbonyl (C=O) groups is 1. The standard InChI is InChI=1S/C13H12F3N3O2/c1-19-11(13(14,15)16)7-10(18-19)12(20)17-8-3-5-9(21-2)6-4-8/h3-7H,1-2H3,(H,17,20). The van der Waals surface area contributed by atoms with Gasteiger partial charge in [0.25, 0.3) is 5.91 Å². The normalized spacial score (nSPS) is 11.3. The number of hydrogen-bond donors (Lipinski definition) is 1. The molecule has 0 aliphatic heterocycles. The number of nitrogens with zero attached hydrogens (tertiary/aromatic N) is 2. The van der Waals surface area contributed by atoms with Gasteiger partial charge in [0, 0.05) is 18.8 Å². The van der Waals surface area contributed by atoms with Crippen LogP contribution in [0.1, 0.15) is 16.2 Å². The molecule has 2 aromatic rings. The minimum atomic E-state index is -4.56. The molecule has 0 saturated carbocycles. The van der Waals surface area contributed by atoms with Gasteiger partial charge in [-0.3, -0.25) is 9.48 Å².